The Hall–Kier alpha value is -1.10. The number of carbonyl (C=O) groups is 2. The van der Waals surface area contributed by atoms with Crippen LogP contribution in [0.5, 0.6) is 0 Å². The van der Waals surface area contributed by atoms with Crippen molar-refractivity contribution in [2.75, 3.05) is 19.6 Å². The van der Waals surface area contributed by atoms with E-state index in [0.717, 1.165) is 38.8 Å². The van der Waals surface area contributed by atoms with E-state index in [4.69, 9.17) is 0 Å². The third-order valence-corrected chi connectivity index (χ3v) is 4.86. The van der Waals surface area contributed by atoms with Crippen LogP contribution in [0.3, 0.4) is 0 Å². The van der Waals surface area contributed by atoms with E-state index in [0.29, 0.717) is 12.6 Å². The van der Waals surface area contributed by atoms with Crippen LogP contribution in [0.15, 0.2) is 0 Å². The van der Waals surface area contributed by atoms with E-state index >= 15 is 0 Å². The molecule has 1 heterocycles. The molecule has 1 atom stereocenters. The van der Waals surface area contributed by atoms with Gasteiger partial charge < -0.3 is 10.6 Å². The molecule has 2 aliphatic rings. The lowest BCUT2D eigenvalue weighted by molar-refractivity contribution is -0.129. The van der Waals surface area contributed by atoms with E-state index in [2.05, 4.69) is 15.5 Å². The summed E-state index contributed by atoms with van der Waals surface area (Å²) in [4.78, 5) is 26.5. The first-order valence-electron chi connectivity index (χ1n) is 9.17. The predicted octanol–water partition coefficient (Wildman–Crippen LogP) is 2.06. The van der Waals surface area contributed by atoms with Gasteiger partial charge in [0.15, 0.2) is 0 Å². The Bertz CT molecular complexity index is 411. The number of piperidine rings is 1. The van der Waals surface area contributed by atoms with Crippen molar-refractivity contribution in [2.24, 2.45) is 5.41 Å². The van der Waals surface area contributed by atoms with Crippen molar-refractivity contribution in [2.45, 2.75) is 77.8 Å². The summed E-state index contributed by atoms with van der Waals surface area (Å²) in [6.45, 7) is 7.97. The van der Waals surface area contributed by atoms with Crippen LogP contribution in [-0.2, 0) is 9.59 Å². The average molecular weight is 323 g/mol. The fourth-order valence-electron chi connectivity index (χ4n) is 3.44. The van der Waals surface area contributed by atoms with E-state index < -0.39 is 0 Å². The highest BCUT2D eigenvalue weighted by Gasteiger charge is 2.28. The number of carbonyl (C=O) groups excluding carboxylic acids is 2. The van der Waals surface area contributed by atoms with Gasteiger partial charge in [-0.15, -0.1) is 0 Å². The van der Waals surface area contributed by atoms with Crippen LogP contribution in [0.25, 0.3) is 0 Å². The summed E-state index contributed by atoms with van der Waals surface area (Å²) >= 11 is 0. The molecule has 132 valence electrons. The zero-order valence-corrected chi connectivity index (χ0v) is 15.0. The van der Waals surface area contributed by atoms with Crippen molar-refractivity contribution in [1.29, 1.82) is 0 Å². The van der Waals surface area contributed by atoms with Crippen LogP contribution < -0.4 is 10.6 Å². The number of nitrogens with zero attached hydrogens (tertiary/aromatic N) is 1. The van der Waals surface area contributed by atoms with Crippen LogP contribution in [0.1, 0.15) is 65.7 Å². The van der Waals surface area contributed by atoms with Gasteiger partial charge in [-0.25, -0.2) is 0 Å². The topological polar surface area (TPSA) is 61.4 Å². The van der Waals surface area contributed by atoms with Crippen LogP contribution in [0.2, 0.25) is 0 Å². The standard InChI is InChI=1S/C18H33N3O2/c1-18(2,3)17(23)20-15-10-7-11-21(12-15)13-16(22)19-14-8-5-4-6-9-14/h14-15H,4-13H2,1-3H3,(H,19,22)(H,20,23). The molecule has 2 amide bonds. The molecule has 0 aromatic carbocycles. The van der Waals surface area contributed by atoms with Crippen molar-refractivity contribution in [3.63, 3.8) is 0 Å². The minimum absolute atomic E-state index is 0.0935. The second-order valence-corrected chi connectivity index (χ2v) is 8.20. The normalized spacial score (nSPS) is 24.2. The molecule has 1 saturated carbocycles. The Kier molecular flexibility index (Phi) is 6.45. The summed E-state index contributed by atoms with van der Waals surface area (Å²) in [5, 5.41) is 6.31. The molecule has 1 unspecified atom stereocenters. The molecule has 0 bridgehead atoms. The lowest BCUT2D eigenvalue weighted by Crippen LogP contribution is -2.52. The van der Waals surface area contributed by atoms with Crippen molar-refractivity contribution in [3.05, 3.63) is 0 Å². The molecule has 0 aromatic heterocycles. The molecule has 1 saturated heterocycles. The molecule has 2 rings (SSSR count). The summed E-state index contributed by atoms with van der Waals surface area (Å²) in [6.07, 6.45) is 8.04. The molecule has 0 aromatic rings. The summed E-state index contributed by atoms with van der Waals surface area (Å²) in [5.74, 6) is 0.232. The summed E-state index contributed by atoms with van der Waals surface area (Å²) < 4.78 is 0. The zero-order chi connectivity index (χ0) is 16.9. The number of amides is 2. The van der Waals surface area contributed by atoms with Gasteiger partial charge in [0.05, 0.1) is 6.54 Å². The molecule has 1 aliphatic heterocycles. The van der Waals surface area contributed by atoms with Crippen LogP contribution in [0, 0.1) is 5.41 Å². The second kappa shape index (κ2) is 8.13. The Labute approximate surface area is 140 Å². The summed E-state index contributed by atoms with van der Waals surface area (Å²) in [5.41, 5.74) is -0.360. The van der Waals surface area contributed by atoms with Gasteiger partial charge in [-0.2, -0.15) is 0 Å². The lowest BCUT2D eigenvalue weighted by Gasteiger charge is -2.34. The Balaban J connectivity index is 1.74. The summed E-state index contributed by atoms with van der Waals surface area (Å²) in [6, 6.07) is 0.537. The van der Waals surface area contributed by atoms with E-state index in [-0.39, 0.29) is 23.3 Å². The van der Waals surface area contributed by atoms with Crippen molar-refractivity contribution in [3.8, 4) is 0 Å². The molecule has 0 spiro atoms. The van der Waals surface area contributed by atoms with E-state index in [9.17, 15) is 9.59 Å². The average Bonchev–Trinajstić information content (AvgIpc) is 2.47. The monoisotopic (exact) mass is 323 g/mol. The van der Waals surface area contributed by atoms with E-state index in [1.54, 1.807) is 0 Å². The van der Waals surface area contributed by atoms with Gasteiger partial charge in [0.25, 0.3) is 0 Å². The number of nitrogens with one attached hydrogen (secondary N) is 2. The SMILES string of the molecule is CC(C)(C)C(=O)NC1CCCN(CC(=O)NC2CCCCC2)C1. The largest absolute Gasteiger partial charge is 0.352 e. The molecular formula is C18H33N3O2. The first-order valence-corrected chi connectivity index (χ1v) is 9.17. The molecule has 5 nitrogen and oxygen atoms in total. The second-order valence-electron chi connectivity index (χ2n) is 8.20. The van der Waals surface area contributed by atoms with Crippen LogP contribution in [-0.4, -0.2) is 48.4 Å². The maximum absolute atomic E-state index is 12.2. The molecule has 2 N–H and O–H groups in total. The number of hydrogen-bond donors (Lipinski definition) is 2. The van der Waals surface area contributed by atoms with Crippen molar-refractivity contribution < 1.29 is 9.59 Å². The molecule has 0 radical (unpaired) electrons. The Morgan fingerprint density at radius 2 is 1.61 bits per heavy atom. The Morgan fingerprint density at radius 1 is 0.957 bits per heavy atom. The van der Waals surface area contributed by atoms with Gasteiger partial charge in [0.2, 0.25) is 11.8 Å². The summed E-state index contributed by atoms with van der Waals surface area (Å²) in [7, 11) is 0. The maximum atomic E-state index is 12.2. The number of rotatable bonds is 4. The van der Waals surface area contributed by atoms with Gasteiger partial charge in [-0.3, -0.25) is 14.5 Å². The minimum atomic E-state index is -0.360. The van der Waals surface area contributed by atoms with Gasteiger partial charge in [0.1, 0.15) is 0 Å². The van der Waals surface area contributed by atoms with Gasteiger partial charge >= 0.3 is 0 Å². The van der Waals surface area contributed by atoms with Crippen molar-refractivity contribution in [1.82, 2.24) is 15.5 Å². The third kappa shape index (κ3) is 6.13. The molecule has 23 heavy (non-hydrogen) atoms. The molecule has 1 aliphatic carbocycles. The smallest absolute Gasteiger partial charge is 0.234 e. The van der Waals surface area contributed by atoms with Gasteiger partial charge in [-0.05, 0) is 32.2 Å². The predicted molar refractivity (Wildman–Crippen MR) is 92.1 cm³/mol. The Morgan fingerprint density at radius 3 is 2.26 bits per heavy atom. The van der Waals surface area contributed by atoms with Crippen LogP contribution in [0.4, 0.5) is 0 Å². The highest BCUT2D eigenvalue weighted by molar-refractivity contribution is 5.81. The molecule has 5 heteroatoms. The van der Waals surface area contributed by atoms with E-state index in [1.807, 2.05) is 20.8 Å². The van der Waals surface area contributed by atoms with Gasteiger partial charge in [0, 0.05) is 24.0 Å². The molecule has 2 fully saturated rings. The lowest BCUT2D eigenvalue weighted by atomic mass is 9.94. The highest BCUT2D eigenvalue weighted by atomic mass is 16.2. The highest BCUT2D eigenvalue weighted by Crippen LogP contribution is 2.18. The number of hydrogen-bond acceptors (Lipinski definition) is 3. The zero-order valence-electron chi connectivity index (χ0n) is 15.0. The van der Waals surface area contributed by atoms with Crippen LogP contribution >= 0.6 is 0 Å². The fourth-order valence-corrected chi connectivity index (χ4v) is 3.44. The third-order valence-electron chi connectivity index (χ3n) is 4.86. The quantitative estimate of drug-likeness (QED) is 0.832. The molecular weight excluding hydrogens is 290 g/mol. The van der Waals surface area contributed by atoms with E-state index in [1.165, 1.54) is 19.3 Å². The minimum Gasteiger partial charge on any atom is -0.352 e. The fraction of sp³-hybridized carbons (Fsp3) is 0.889. The van der Waals surface area contributed by atoms with Crippen molar-refractivity contribution >= 4 is 11.8 Å². The van der Waals surface area contributed by atoms with Gasteiger partial charge in [-0.1, -0.05) is 40.0 Å². The number of likely N-dealkylation sites (tertiary alicyclic amines) is 1. The maximum Gasteiger partial charge on any atom is 0.234 e. The first kappa shape index (κ1) is 18.2. The first-order chi connectivity index (χ1) is 10.8.